The minimum atomic E-state index is 0.0393. The topological polar surface area (TPSA) is 52.6 Å². The molecule has 0 aromatic carbocycles. The van der Waals surface area contributed by atoms with E-state index in [2.05, 4.69) is 11.9 Å². The number of nitrogens with zero attached hydrogens (tertiary/aromatic N) is 1. The number of amides is 2. The van der Waals surface area contributed by atoms with Crippen LogP contribution in [0.5, 0.6) is 0 Å². The van der Waals surface area contributed by atoms with Gasteiger partial charge >= 0.3 is 6.03 Å². The van der Waals surface area contributed by atoms with E-state index in [1.54, 1.807) is 0 Å². The predicted molar refractivity (Wildman–Crippen MR) is 73.4 cm³/mol. The molecule has 18 heavy (non-hydrogen) atoms. The van der Waals surface area contributed by atoms with Crippen molar-refractivity contribution in [3.8, 4) is 0 Å². The van der Waals surface area contributed by atoms with E-state index in [1.807, 2.05) is 17.9 Å². The predicted octanol–water partition coefficient (Wildman–Crippen LogP) is 2.15. The molecule has 1 aliphatic heterocycles. The van der Waals surface area contributed by atoms with Crippen LogP contribution in [0, 0.1) is 5.92 Å². The fraction of sp³-hybridized carbons (Fsp3) is 0.786. The van der Waals surface area contributed by atoms with E-state index < -0.39 is 0 Å². The summed E-state index contributed by atoms with van der Waals surface area (Å²) in [5, 5.41) is 12.1. The summed E-state index contributed by atoms with van der Waals surface area (Å²) in [6, 6.07) is 0.255. The molecule has 1 rings (SSSR count). The van der Waals surface area contributed by atoms with Gasteiger partial charge in [-0.15, -0.1) is 6.58 Å². The number of aliphatic hydroxyl groups excluding tert-OH is 1. The third-order valence-corrected chi connectivity index (χ3v) is 3.58. The first-order chi connectivity index (χ1) is 8.67. The maximum absolute atomic E-state index is 12.0. The molecule has 104 valence electrons. The van der Waals surface area contributed by atoms with E-state index in [-0.39, 0.29) is 18.7 Å². The van der Waals surface area contributed by atoms with Crippen molar-refractivity contribution in [3.05, 3.63) is 12.7 Å². The Morgan fingerprint density at radius 2 is 2.22 bits per heavy atom. The third kappa shape index (κ3) is 5.08. The normalized spacial score (nSPS) is 18.4. The van der Waals surface area contributed by atoms with Crippen LogP contribution in [0.4, 0.5) is 4.79 Å². The number of carbonyl (C=O) groups excluding carboxylic acids is 1. The number of likely N-dealkylation sites (tertiary alicyclic amines) is 1. The molecule has 2 N–H and O–H groups in total. The highest BCUT2D eigenvalue weighted by Crippen LogP contribution is 2.16. The number of piperidine rings is 1. The van der Waals surface area contributed by atoms with Gasteiger partial charge in [0.2, 0.25) is 0 Å². The lowest BCUT2D eigenvalue weighted by atomic mass is 9.98. The number of nitrogens with one attached hydrogen (secondary N) is 1. The first kappa shape index (κ1) is 15.0. The molecule has 4 heteroatoms. The summed E-state index contributed by atoms with van der Waals surface area (Å²) in [5.41, 5.74) is 0. The van der Waals surface area contributed by atoms with Gasteiger partial charge in [-0.2, -0.15) is 0 Å². The molecule has 0 unspecified atom stereocenters. The van der Waals surface area contributed by atoms with Crippen molar-refractivity contribution in [2.75, 3.05) is 19.7 Å². The van der Waals surface area contributed by atoms with Crippen LogP contribution >= 0.6 is 0 Å². The fourth-order valence-electron chi connectivity index (χ4n) is 2.26. The average Bonchev–Trinajstić information content (AvgIpc) is 2.39. The zero-order chi connectivity index (χ0) is 13.4. The second-order valence-electron chi connectivity index (χ2n) is 5.18. The van der Waals surface area contributed by atoms with Crippen LogP contribution in [-0.4, -0.2) is 41.8 Å². The first-order valence-electron chi connectivity index (χ1n) is 6.94. The SMILES string of the molecule is C=CCCC[C@@H](C)NC(=O)N1CCC(CO)CC1. The van der Waals surface area contributed by atoms with E-state index in [1.165, 1.54) is 0 Å². The minimum absolute atomic E-state index is 0.0393. The van der Waals surface area contributed by atoms with E-state index in [4.69, 9.17) is 5.11 Å². The van der Waals surface area contributed by atoms with Crippen LogP contribution in [0.2, 0.25) is 0 Å². The van der Waals surface area contributed by atoms with E-state index in [9.17, 15) is 4.79 Å². The maximum atomic E-state index is 12.0. The summed E-state index contributed by atoms with van der Waals surface area (Å²) >= 11 is 0. The highest BCUT2D eigenvalue weighted by atomic mass is 16.3. The quantitative estimate of drug-likeness (QED) is 0.563. The van der Waals surface area contributed by atoms with Gasteiger partial charge in [0.25, 0.3) is 0 Å². The number of hydrogen-bond donors (Lipinski definition) is 2. The van der Waals surface area contributed by atoms with Gasteiger partial charge in [0.1, 0.15) is 0 Å². The molecule has 4 nitrogen and oxygen atoms in total. The van der Waals surface area contributed by atoms with Crippen LogP contribution < -0.4 is 5.32 Å². The molecule has 0 radical (unpaired) electrons. The Bertz CT molecular complexity index is 261. The van der Waals surface area contributed by atoms with Crippen molar-refractivity contribution in [2.45, 2.75) is 45.1 Å². The summed E-state index contributed by atoms with van der Waals surface area (Å²) in [4.78, 5) is 13.8. The van der Waals surface area contributed by atoms with Crippen molar-refractivity contribution in [3.63, 3.8) is 0 Å². The lowest BCUT2D eigenvalue weighted by molar-refractivity contribution is 0.135. The summed E-state index contributed by atoms with van der Waals surface area (Å²) in [6.07, 6.45) is 6.79. The van der Waals surface area contributed by atoms with Gasteiger partial charge in [-0.25, -0.2) is 4.79 Å². The molecule has 1 fully saturated rings. The number of allylic oxidation sites excluding steroid dienone is 1. The molecule has 2 amide bonds. The molecule has 1 saturated heterocycles. The minimum Gasteiger partial charge on any atom is -0.396 e. The number of urea groups is 1. The van der Waals surface area contributed by atoms with Crippen molar-refractivity contribution in [1.82, 2.24) is 10.2 Å². The monoisotopic (exact) mass is 254 g/mol. The van der Waals surface area contributed by atoms with Gasteiger partial charge < -0.3 is 15.3 Å². The molecule has 0 bridgehead atoms. The Balaban J connectivity index is 2.22. The lowest BCUT2D eigenvalue weighted by Gasteiger charge is -2.32. The molecule has 0 spiro atoms. The summed E-state index contributed by atoms with van der Waals surface area (Å²) in [7, 11) is 0. The van der Waals surface area contributed by atoms with E-state index >= 15 is 0 Å². The number of aliphatic hydroxyl groups is 1. The van der Waals surface area contributed by atoms with Gasteiger partial charge in [-0.1, -0.05) is 6.08 Å². The Morgan fingerprint density at radius 1 is 1.56 bits per heavy atom. The molecule has 0 saturated carbocycles. The molecule has 0 aliphatic carbocycles. The number of rotatable bonds is 6. The molecule has 1 heterocycles. The van der Waals surface area contributed by atoms with Gasteiger partial charge in [0.15, 0.2) is 0 Å². The maximum Gasteiger partial charge on any atom is 0.317 e. The van der Waals surface area contributed by atoms with Gasteiger partial charge in [-0.3, -0.25) is 0 Å². The molecular formula is C14H26N2O2. The molecule has 0 aromatic heterocycles. The van der Waals surface area contributed by atoms with Crippen molar-refractivity contribution >= 4 is 6.03 Å². The fourth-order valence-corrected chi connectivity index (χ4v) is 2.26. The zero-order valence-electron chi connectivity index (χ0n) is 11.4. The largest absolute Gasteiger partial charge is 0.396 e. The Hall–Kier alpha value is -1.03. The second-order valence-corrected chi connectivity index (χ2v) is 5.18. The molecule has 1 aliphatic rings. The van der Waals surface area contributed by atoms with Gasteiger partial charge in [0, 0.05) is 25.7 Å². The molecule has 1 atom stereocenters. The van der Waals surface area contributed by atoms with Crippen molar-refractivity contribution in [1.29, 1.82) is 0 Å². The van der Waals surface area contributed by atoms with Crippen LogP contribution in [0.15, 0.2) is 12.7 Å². The third-order valence-electron chi connectivity index (χ3n) is 3.58. The van der Waals surface area contributed by atoms with E-state index in [0.717, 1.165) is 45.2 Å². The highest BCUT2D eigenvalue weighted by Gasteiger charge is 2.22. The first-order valence-corrected chi connectivity index (χ1v) is 6.94. The van der Waals surface area contributed by atoms with E-state index in [0.29, 0.717) is 5.92 Å². The second kappa shape index (κ2) is 8.14. The van der Waals surface area contributed by atoms with Gasteiger partial charge in [0.05, 0.1) is 0 Å². The summed E-state index contributed by atoms with van der Waals surface area (Å²) in [6.45, 7) is 7.50. The molecular weight excluding hydrogens is 228 g/mol. The van der Waals surface area contributed by atoms with Crippen LogP contribution in [-0.2, 0) is 0 Å². The van der Waals surface area contributed by atoms with Crippen LogP contribution in [0.1, 0.15) is 39.0 Å². The standard InChI is InChI=1S/C14H26N2O2/c1-3-4-5-6-12(2)15-14(18)16-9-7-13(11-17)8-10-16/h3,12-13,17H,1,4-11H2,2H3,(H,15,18)/t12-/m1/s1. The van der Waals surface area contributed by atoms with Gasteiger partial charge in [-0.05, 0) is 44.9 Å². The zero-order valence-corrected chi connectivity index (χ0v) is 11.4. The highest BCUT2D eigenvalue weighted by molar-refractivity contribution is 5.74. The molecule has 0 aromatic rings. The smallest absolute Gasteiger partial charge is 0.317 e. The van der Waals surface area contributed by atoms with Crippen molar-refractivity contribution in [2.24, 2.45) is 5.92 Å². The summed E-state index contributed by atoms with van der Waals surface area (Å²) in [5.74, 6) is 0.374. The lowest BCUT2D eigenvalue weighted by Crippen LogP contribution is -2.47. The number of carbonyl (C=O) groups is 1. The Labute approximate surface area is 110 Å². The Kier molecular flexibility index (Phi) is 6.80. The van der Waals surface area contributed by atoms with Crippen LogP contribution in [0.3, 0.4) is 0 Å². The van der Waals surface area contributed by atoms with Crippen LogP contribution in [0.25, 0.3) is 0 Å². The Morgan fingerprint density at radius 3 is 2.78 bits per heavy atom. The number of hydrogen-bond acceptors (Lipinski definition) is 2. The number of unbranched alkanes of at least 4 members (excludes halogenated alkanes) is 1. The summed E-state index contributed by atoms with van der Waals surface area (Å²) < 4.78 is 0. The average molecular weight is 254 g/mol. The van der Waals surface area contributed by atoms with Crippen molar-refractivity contribution < 1.29 is 9.90 Å².